The van der Waals surface area contributed by atoms with Crippen molar-refractivity contribution in [2.75, 3.05) is 9.80 Å². The van der Waals surface area contributed by atoms with Gasteiger partial charge in [0, 0.05) is 77.9 Å². The van der Waals surface area contributed by atoms with E-state index in [2.05, 4.69) is 450 Å². The first-order chi connectivity index (χ1) is 57.2. The van der Waals surface area contributed by atoms with Crippen LogP contribution >= 0.6 is 0 Å². The fourth-order valence-corrected chi connectivity index (χ4v) is 19.9. The van der Waals surface area contributed by atoms with Crippen LogP contribution in [0.2, 0.25) is 0 Å². The maximum Gasteiger partial charge on any atom is 0.252 e. The molecular weight excluding hydrogens is 1440 g/mol. The summed E-state index contributed by atoms with van der Waals surface area (Å²) < 4.78 is 5.16. The molecule has 17 aromatic carbocycles. The fourth-order valence-electron chi connectivity index (χ4n) is 19.9. The number of anilines is 6. The molecule has 0 amide bonds. The minimum absolute atomic E-state index is 0.0704. The highest BCUT2D eigenvalue weighted by Crippen LogP contribution is 2.57. The van der Waals surface area contributed by atoms with Crippen LogP contribution in [0.3, 0.4) is 0 Å². The van der Waals surface area contributed by atoms with Crippen LogP contribution in [0.15, 0.2) is 328 Å². The van der Waals surface area contributed by atoms with Crippen molar-refractivity contribution < 1.29 is 0 Å². The Bertz CT molecular complexity index is 7100. The molecule has 0 aliphatic carbocycles. The average Bonchev–Trinajstić information content (AvgIpc) is 0.802. The zero-order valence-electron chi connectivity index (χ0n) is 71.0. The van der Waals surface area contributed by atoms with Gasteiger partial charge in [-0.15, -0.1) is 0 Å². The first-order valence-corrected chi connectivity index (χ1v) is 42.7. The standard InChI is InChI=1S/C114H99BN4/c1-110(2,3)74-48-56-99-93(62-74)94-63-75(111(4,5)6)49-57-100(94)116(99)79-52-54-97-103(68-79)118(108-83(70-32-18-16-19-33-70)44-30-45-84(108)71-34-20-17-21-35-71)105-66-78(114(13,14)15)67-106-107(105)115(97)98-55-53-80(117-101-58-50-76(112(7,8)9)64-95(101)96-65-77(113(10,11)12)51-59-102(96)117)69-104(98)119(106)109-89(91-60-72-36-22-24-38-81(72)85-40-26-28-42-87(85)91)46-31-47-90(109)92-61-73-37-23-25-39-82(73)86-41-27-29-43-88(86)92/h16-69H,1-15H3. The lowest BCUT2D eigenvalue weighted by molar-refractivity contribution is 0.590. The Balaban J connectivity index is 0.950. The van der Waals surface area contributed by atoms with Crippen molar-refractivity contribution >= 4 is 144 Å². The molecule has 19 aromatic rings. The van der Waals surface area contributed by atoms with Gasteiger partial charge in [-0.05, 0) is 234 Å². The maximum atomic E-state index is 2.79. The Kier molecular flexibility index (Phi) is 16.6. The van der Waals surface area contributed by atoms with Crippen LogP contribution < -0.4 is 26.2 Å². The van der Waals surface area contributed by atoms with Crippen molar-refractivity contribution in [3.05, 3.63) is 355 Å². The zero-order chi connectivity index (χ0) is 81.7. The van der Waals surface area contributed by atoms with Crippen molar-refractivity contribution in [2.45, 2.75) is 131 Å². The molecule has 2 aliphatic rings. The number of para-hydroxylation sites is 2. The number of hydrogen-bond donors (Lipinski definition) is 0. The second-order valence-electron chi connectivity index (χ2n) is 38.9. The third-order valence-electron chi connectivity index (χ3n) is 26.2. The Morgan fingerprint density at radius 2 is 0.521 bits per heavy atom. The monoisotopic (exact) mass is 1530 g/mol. The zero-order valence-corrected chi connectivity index (χ0v) is 71.0. The molecular formula is C114H99BN4. The Morgan fingerprint density at radius 1 is 0.210 bits per heavy atom. The molecule has 0 fully saturated rings. The molecule has 21 rings (SSSR count). The summed E-state index contributed by atoms with van der Waals surface area (Å²) in [6.07, 6.45) is 0. The van der Waals surface area contributed by atoms with E-state index in [1.165, 1.54) is 142 Å². The van der Waals surface area contributed by atoms with Gasteiger partial charge in [0.25, 0.3) is 6.71 Å². The minimum atomic E-state index is -0.378. The summed E-state index contributed by atoms with van der Waals surface area (Å²) in [5.41, 5.74) is 32.4. The minimum Gasteiger partial charge on any atom is -0.310 e. The van der Waals surface area contributed by atoms with Gasteiger partial charge in [-0.3, -0.25) is 0 Å². The predicted octanol–water partition coefficient (Wildman–Crippen LogP) is 29.7. The van der Waals surface area contributed by atoms with Crippen LogP contribution in [-0.4, -0.2) is 15.8 Å². The summed E-state index contributed by atoms with van der Waals surface area (Å²) in [7, 11) is 0. The smallest absolute Gasteiger partial charge is 0.252 e. The molecule has 119 heavy (non-hydrogen) atoms. The van der Waals surface area contributed by atoms with Crippen LogP contribution in [0, 0.1) is 0 Å². The Labute approximate surface area is 700 Å². The first kappa shape index (κ1) is 73.7. The molecule has 0 bridgehead atoms. The quantitative estimate of drug-likeness (QED) is 0.111. The van der Waals surface area contributed by atoms with E-state index >= 15 is 0 Å². The third kappa shape index (κ3) is 11.8. The van der Waals surface area contributed by atoms with Crippen molar-refractivity contribution in [2.24, 2.45) is 0 Å². The van der Waals surface area contributed by atoms with E-state index in [1.807, 2.05) is 0 Å². The Morgan fingerprint density at radius 3 is 0.874 bits per heavy atom. The molecule has 2 aromatic heterocycles. The SMILES string of the molecule is CC(C)(C)c1cc2c3c(c1)N(c1c(-c4cc5ccccc5c5ccccc45)cccc1-c1cc4ccccc4c4ccccc14)c1cc(-n4c5ccc(C(C)(C)C)cc5c5cc(C(C)(C)C)ccc54)ccc1B3c1ccc(-n3c4ccc(C(C)(C)C)cc4c4cc(C(C)(C)C)ccc43)cc1N2c1c(-c2ccccc2)cccc1-c1ccccc1. The van der Waals surface area contributed by atoms with Gasteiger partial charge in [-0.2, -0.15) is 0 Å². The van der Waals surface area contributed by atoms with Crippen molar-refractivity contribution in [1.82, 2.24) is 9.13 Å². The van der Waals surface area contributed by atoms with E-state index in [0.717, 1.165) is 78.9 Å². The lowest BCUT2D eigenvalue weighted by Gasteiger charge is -2.46. The van der Waals surface area contributed by atoms with E-state index in [1.54, 1.807) is 0 Å². The molecule has 0 atom stereocenters. The third-order valence-corrected chi connectivity index (χ3v) is 26.2. The molecule has 0 N–H and O–H groups in total. The second kappa shape index (κ2) is 26.8. The highest BCUT2D eigenvalue weighted by atomic mass is 15.2. The molecule has 0 unspecified atom stereocenters. The average molecular weight is 1540 g/mol. The summed E-state index contributed by atoms with van der Waals surface area (Å²) in [6, 6.07) is 127. The molecule has 4 heterocycles. The van der Waals surface area contributed by atoms with Gasteiger partial charge in [0.15, 0.2) is 0 Å². The van der Waals surface area contributed by atoms with Crippen molar-refractivity contribution in [3.63, 3.8) is 0 Å². The van der Waals surface area contributed by atoms with Crippen molar-refractivity contribution in [1.29, 1.82) is 0 Å². The van der Waals surface area contributed by atoms with Gasteiger partial charge >= 0.3 is 0 Å². The number of aromatic nitrogens is 2. The van der Waals surface area contributed by atoms with Crippen LogP contribution in [0.4, 0.5) is 34.1 Å². The molecule has 0 spiro atoms. The lowest BCUT2D eigenvalue weighted by atomic mass is 9.33. The normalized spacial score (nSPS) is 13.3. The summed E-state index contributed by atoms with van der Waals surface area (Å²) >= 11 is 0. The second-order valence-corrected chi connectivity index (χ2v) is 38.9. The summed E-state index contributed by atoms with van der Waals surface area (Å²) in [6.45, 7) is 35.1. The largest absolute Gasteiger partial charge is 0.310 e. The van der Waals surface area contributed by atoms with E-state index in [-0.39, 0.29) is 33.8 Å². The van der Waals surface area contributed by atoms with Crippen molar-refractivity contribution in [3.8, 4) is 55.9 Å². The van der Waals surface area contributed by atoms with Crippen LogP contribution in [0.25, 0.3) is 143 Å². The van der Waals surface area contributed by atoms with E-state index in [0.29, 0.717) is 0 Å². The van der Waals surface area contributed by atoms with Crippen LogP contribution in [0.1, 0.15) is 132 Å². The molecule has 0 radical (unpaired) electrons. The van der Waals surface area contributed by atoms with Gasteiger partial charge in [-0.1, -0.05) is 334 Å². The van der Waals surface area contributed by atoms with E-state index < -0.39 is 0 Å². The number of nitrogens with zero attached hydrogens (tertiary/aromatic N) is 4. The fraction of sp³-hybridized carbons (Fsp3) is 0.175. The summed E-state index contributed by atoms with van der Waals surface area (Å²) in [5, 5.41) is 14.7. The molecule has 2 aliphatic heterocycles. The highest BCUT2D eigenvalue weighted by Gasteiger charge is 2.47. The topological polar surface area (TPSA) is 16.3 Å². The predicted molar refractivity (Wildman–Crippen MR) is 514 cm³/mol. The van der Waals surface area contributed by atoms with Crippen LogP contribution in [-0.2, 0) is 27.1 Å². The number of benzene rings is 17. The van der Waals surface area contributed by atoms with Crippen LogP contribution in [0.5, 0.6) is 0 Å². The maximum absolute atomic E-state index is 2.79. The summed E-state index contributed by atoms with van der Waals surface area (Å²) in [4.78, 5) is 5.53. The van der Waals surface area contributed by atoms with E-state index in [4.69, 9.17) is 0 Å². The number of rotatable bonds is 8. The van der Waals surface area contributed by atoms with Gasteiger partial charge in [0.2, 0.25) is 0 Å². The van der Waals surface area contributed by atoms with E-state index in [9.17, 15) is 0 Å². The highest BCUT2D eigenvalue weighted by molar-refractivity contribution is 7.00. The summed E-state index contributed by atoms with van der Waals surface area (Å²) in [5.74, 6) is 0. The molecule has 5 heteroatoms. The van der Waals surface area contributed by atoms with Gasteiger partial charge in [0.1, 0.15) is 0 Å². The van der Waals surface area contributed by atoms with Gasteiger partial charge < -0.3 is 18.9 Å². The molecule has 4 nitrogen and oxygen atoms in total. The van der Waals surface area contributed by atoms with Gasteiger partial charge in [-0.25, -0.2) is 0 Å². The lowest BCUT2D eigenvalue weighted by Crippen LogP contribution is -2.61. The van der Waals surface area contributed by atoms with Gasteiger partial charge in [0.05, 0.1) is 33.4 Å². The molecule has 578 valence electrons. The molecule has 0 saturated carbocycles. The molecule has 0 saturated heterocycles. The first-order valence-electron chi connectivity index (χ1n) is 42.7. The number of fused-ring (bicyclic) bond motifs is 16. The Hall–Kier alpha value is -13.0. The number of hydrogen-bond acceptors (Lipinski definition) is 2.